The monoisotopic (exact) mass is 243 g/mol. The molecule has 0 aliphatic carbocycles. The van der Waals surface area contributed by atoms with E-state index in [0.29, 0.717) is 12.2 Å². The summed E-state index contributed by atoms with van der Waals surface area (Å²) in [7, 11) is 0. The van der Waals surface area contributed by atoms with Crippen molar-refractivity contribution in [2.45, 2.75) is 26.8 Å². The van der Waals surface area contributed by atoms with Gasteiger partial charge >= 0.3 is 5.97 Å². The van der Waals surface area contributed by atoms with Crippen LogP contribution in [-0.4, -0.2) is 15.6 Å². The van der Waals surface area contributed by atoms with Crippen molar-refractivity contribution in [3.8, 4) is 0 Å². The van der Waals surface area contributed by atoms with Gasteiger partial charge in [-0.2, -0.15) is 0 Å². The van der Waals surface area contributed by atoms with Gasteiger partial charge in [-0.15, -0.1) is 0 Å². The minimum absolute atomic E-state index is 0.370. The zero-order valence-corrected chi connectivity index (χ0v) is 10.7. The molecule has 3 heteroatoms. The highest BCUT2D eigenvalue weighted by Crippen LogP contribution is 2.13. The molecule has 0 saturated heterocycles. The van der Waals surface area contributed by atoms with E-state index in [1.54, 1.807) is 4.57 Å². The Morgan fingerprint density at radius 3 is 2.33 bits per heavy atom. The molecule has 2 rings (SSSR count). The number of aromatic nitrogens is 1. The van der Waals surface area contributed by atoms with Crippen LogP contribution < -0.4 is 0 Å². The molecule has 0 radical (unpaired) electrons. The molecule has 0 spiro atoms. The fraction of sp³-hybridized carbons (Fsp3) is 0.267. The molecule has 2 aromatic rings. The number of benzene rings is 1. The minimum atomic E-state index is -0.873. The standard InChI is InChI=1S/C15H17NO2/c1-3-12-4-6-13(7-5-12)10-16-9-8-11(2)14(16)15(17)18/h4-9H,3,10H2,1-2H3,(H,17,18). The highest BCUT2D eigenvalue weighted by atomic mass is 16.4. The molecule has 1 aromatic carbocycles. The quantitative estimate of drug-likeness (QED) is 0.896. The van der Waals surface area contributed by atoms with E-state index in [0.717, 1.165) is 17.5 Å². The molecule has 0 saturated carbocycles. The highest BCUT2D eigenvalue weighted by molar-refractivity contribution is 5.87. The number of carboxylic acids is 1. The van der Waals surface area contributed by atoms with Gasteiger partial charge in [0, 0.05) is 12.7 Å². The number of aromatic carboxylic acids is 1. The van der Waals surface area contributed by atoms with Crippen LogP contribution in [0.2, 0.25) is 0 Å². The number of carbonyl (C=O) groups is 1. The molecule has 18 heavy (non-hydrogen) atoms. The van der Waals surface area contributed by atoms with Gasteiger partial charge in [0.15, 0.2) is 0 Å². The van der Waals surface area contributed by atoms with Crippen molar-refractivity contribution < 1.29 is 9.90 Å². The van der Waals surface area contributed by atoms with E-state index in [-0.39, 0.29) is 0 Å². The summed E-state index contributed by atoms with van der Waals surface area (Å²) < 4.78 is 1.78. The van der Waals surface area contributed by atoms with Crippen LogP contribution in [0.15, 0.2) is 36.5 Å². The Morgan fingerprint density at radius 2 is 1.78 bits per heavy atom. The van der Waals surface area contributed by atoms with Crippen molar-refractivity contribution in [1.82, 2.24) is 4.57 Å². The summed E-state index contributed by atoms with van der Waals surface area (Å²) in [4.78, 5) is 11.2. The molecule has 0 aliphatic heterocycles. The van der Waals surface area contributed by atoms with Crippen LogP contribution >= 0.6 is 0 Å². The van der Waals surface area contributed by atoms with E-state index < -0.39 is 5.97 Å². The van der Waals surface area contributed by atoms with Crippen LogP contribution in [0.25, 0.3) is 0 Å². The summed E-state index contributed by atoms with van der Waals surface area (Å²) in [5, 5.41) is 9.17. The van der Waals surface area contributed by atoms with E-state index in [2.05, 4.69) is 31.2 Å². The van der Waals surface area contributed by atoms with Gasteiger partial charge in [0.1, 0.15) is 5.69 Å². The third kappa shape index (κ3) is 2.45. The Balaban J connectivity index is 2.25. The number of hydrogen-bond donors (Lipinski definition) is 1. The molecule has 0 bridgehead atoms. The van der Waals surface area contributed by atoms with Gasteiger partial charge in [0.05, 0.1) is 0 Å². The van der Waals surface area contributed by atoms with Crippen LogP contribution in [0.3, 0.4) is 0 Å². The van der Waals surface area contributed by atoms with Gasteiger partial charge in [-0.05, 0) is 36.1 Å². The average Bonchev–Trinajstić information content (AvgIpc) is 2.71. The fourth-order valence-corrected chi connectivity index (χ4v) is 2.08. The van der Waals surface area contributed by atoms with Crippen molar-refractivity contribution in [3.63, 3.8) is 0 Å². The first kappa shape index (κ1) is 12.4. The molecule has 0 unspecified atom stereocenters. The van der Waals surface area contributed by atoms with Crippen molar-refractivity contribution in [2.24, 2.45) is 0 Å². The Kier molecular flexibility index (Phi) is 3.51. The number of rotatable bonds is 4. The minimum Gasteiger partial charge on any atom is -0.477 e. The molecule has 0 aliphatic rings. The first-order valence-electron chi connectivity index (χ1n) is 6.08. The summed E-state index contributed by atoms with van der Waals surface area (Å²) in [6, 6.07) is 10.1. The summed E-state index contributed by atoms with van der Waals surface area (Å²) in [6.07, 6.45) is 2.84. The van der Waals surface area contributed by atoms with Crippen LogP contribution in [0, 0.1) is 6.92 Å². The zero-order chi connectivity index (χ0) is 13.1. The van der Waals surface area contributed by atoms with Crippen molar-refractivity contribution in [3.05, 3.63) is 58.9 Å². The molecule has 94 valence electrons. The fourth-order valence-electron chi connectivity index (χ4n) is 2.08. The van der Waals surface area contributed by atoms with E-state index in [4.69, 9.17) is 0 Å². The van der Waals surface area contributed by atoms with Crippen LogP contribution in [0.5, 0.6) is 0 Å². The third-order valence-corrected chi connectivity index (χ3v) is 3.15. The predicted octanol–water partition coefficient (Wildman–Crippen LogP) is 3.11. The number of hydrogen-bond acceptors (Lipinski definition) is 1. The Bertz CT molecular complexity index is 552. The number of carboxylic acid groups (broad SMARTS) is 1. The molecular weight excluding hydrogens is 226 g/mol. The smallest absolute Gasteiger partial charge is 0.352 e. The van der Waals surface area contributed by atoms with E-state index in [1.165, 1.54) is 5.56 Å². The normalized spacial score (nSPS) is 10.6. The second kappa shape index (κ2) is 5.08. The SMILES string of the molecule is CCc1ccc(Cn2ccc(C)c2C(=O)O)cc1. The second-order valence-corrected chi connectivity index (χ2v) is 4.45. The van der Waals surface area contributed by atoms with Crippen LogP contribution in [0.4, 0.5) is 0 Å². The highest BCUT2D eigenvalue weighted by Gasteiger charge is 2.13. The van der Waals surface area contributed by atoms with Gasteiger partial charge in [-0.25, -0.2) is 4.79 Å². The maximum Gasteiger partial charge on any atom is 0.352 e. The molecule has 0 amide bonds. The summed E-state index contributed by atoms with van der Waals surface area (Å²) in [6.45, 7) is 4.53. The van der Waals surface area contributed by atoms with E-state index in [9.17, 15) is 9.90 Å². The summed E-state index contributed by atoms with van der Waals surface area (Å²) in [5.74, 6) is -0.873. The lowest BCUT2D eigenvalue weighted by Gasteiger charge is -2.08. The third-order valence-electron chi connectivity index (χ3n) is 3.15. The Morgan fingerprint density at radius 1 is 1.17 bits per heavy atom. The molecule has 1 heterocycles. The van der Waals surface area contributed by atoms with Crippen LogP contribution in [-0.2, 0) is 13.0 Å². The first-order chi connectivity index (χ1) is 8.61. The van der Waals surface area contributed by atoms with Gasteiger partial charge in [0.25, 0.3) is 0 Å². The largest absolute Gasteiger partial charge is 0.477 e. The number of aryl methyl sites for hydroxylation is 2. The van der Waals surface area contributed by atoms with Gasteiger partial charge in [-0.1, -0.05) is 31.2 Å². The molecule has 0 atom stereocenters. The van der Waals surface area contributed by atoms with E-state index >= 15 is 0 Å². The summed E-state index contributed by atoms with van der Waals surface area (Å²) in [5.41, 5.74) is 3.58. The maximum absolute atomic E-state index is 11.2. The molecule has 0 fully saturated rings. The van der Waals surface area contributed by atoms with Crippen molar-refractivity contribution >= 4 is 5.97 Å². The molecule has 1 N–H and O–H groups in total. The Labute approximate surface area is 107 Å². The first-order valence-corrected chi connectivity index (χ1v) is 6.08. The topological polar surface area (TPSA) is 42.2 Å². The lowest BCUT2D eigenvalue weighted by molar-refractivity contribution is 0.0685. The predicted molar refractivity (Wildman–Crippen MR) is 71.1 cm³/mol. The van der Waals surface area contributed by atoms with Crippen molar-refractivity contribution in [1.29, 1.82) is 0 Å². The van der Waals surface area contributed by atoms with Gasteiger partial charge < -0.3 is 9.67 Å². The summed E-state index contributed by atoms with van der Waals surface area (Å²) >= 11 is 0. The maximum atomic E-state index is 11.2. The molecule has 1 aromatic heterocycles. The average molecular weight is 243 g/mol. The van der Waals surface area contributed by atoms with Crippen LogP contribution in [0.1, 0.15) is 34.1 Å². The molecule has 3 nitrogen and oxygen atoms in total. The molecular formula is C15H17NO2. The number of nitrogens with zero attached hydrogens (tertiary/aromatic N) is 1. The lowest BCUT2D eigenvalue weighted by atomic mass is 10.1. The lowest BCUT2D eigenvalue weighted by Crippen LogP contribution is -2.10. The van der Waals surface area contributed by atoms with Gasteiger partial charge in [-0.3, -0.25) is 0 Å². The zero-order valence-electron chi connectivity index (χ0n) is 10.7. The van der Waals surface area contributed by atoms with Gasteiger partial charge in [0.2, 0.25) is 0 Å². The van der Waals surface area contributed by atoms with Crippen molar-refractivity contribution in [2.75, 3.05) is 0 Å². The Hall–Kier alpha value is -2.03. The second-order valence-electron chi connectivity index (χ2n) is 4.45. The van der Waals surface area contributed by atoms with E-state index in [1.807, 2.05) is 19.2 Å².